The number of piperidine rings is 1. The number of hydrogen-bond acceptors (Lipinski definition) is 5. The summed E-state index contributed by atoms with van der Waals surface area (Å²) < 4.78 is 0. The van der Waals surface area contributed by atoms with E-state index in [1.54, 1.807) is 12.1 Å². The van der Waals surface area contributed by atoms with E-state index in [1.165, 1.54) is 30.4 Å². The van der Waals surface area contributed by atoms with Gasteiger partial charge in [-0.15, -0.1) is 0 Å². The van der Waals surface area contributed by atoms with E-state index in [0.29, 0.717) is 23.7 Å². The molecule has 0 spiro atoms. The molecule has 35 heavy (non-hydrogen) atoms. The second-order valence-electron chi connectivity index (χ2n) is 9.72. The van der Waals surface area contributed by atoms with Gasteiger partial charge < -0.3 is 14.7 Å². The summed E-state index contributed by atoms with van der Waals surface area (Å²) in [5, 5.41) is 0.497. The van der Waals surface area contributed by atoms with Crippen molar-refractivity contribution in [2.24, 2.45) is 0 Å². The van der Waals surface area contributed by atoms with Crippen LogP contribution < -0.4 is 9.80 Å². The summed E-state index contributed by atoms with van der Waals surface area (Å²) in [7, 11) is 0. The lowest BCUT2D eigenvalue weighted by molar-refractivity contribution is 0.0734. The molecule has 7 heteroatoms. The van der Waals surface area contributed by atoms with Crippen LogP contribution in [0.5, 0.6) is 0 Å². The van der Waals surface area contributed by atoms with E-state index in [9.17, 15) is 4.79 Å². The van der Waals surface area contributed by atoms with Crippen molar-refractivity contribution in [3.8, 4) is 0 Å². The average Bonchev–Trinajstić information content (AvgIpc) is 2.92. The van der Waals surface area contributed by atoms with Crippen LogP contribution >= 0.6 is 11.6 Å². The second-order valence-corrected chi connectivity index (χ2v) is 10.1. The zero-order valence-corrected chi connectivity index (χ0v) is 20.7. The minimum Gasteiger partial charge on any atom is -0.356 e. The molecule has 0 bridgehead atoms. The van der Waals surface area contributed by atoms with E-state index in [0.717, 1.165) is 62.0 Å². The van der Waals surface area contributed by atoms with Gasteiger partial charge in [0.05, 0.1) is 22.8 Å². The first-order valence-electron chi connectivity index (χ1n) is 12.7. The molecule has 1 saturated heterocycles. The average molecular weight is 488 g/mol. The third kappa shape index (κ3) is 4.36. The number of amides is 1. The van der Waals surface area contributed by atoms with Crippen LogP contribution in [0.1, 0.15) is 52.0 Å². The number of aromatic nitrogens is 2. The van der Waals surface area contributed by atoms with Crippen LogP contribution in [0, 0.1) is 0 Å². The van der Waals surface area contributed by atoms with Crippen molar-refractivity contribution in [2.45, 2.75) is 45.2 Å². The molecule has 4 heterocycles. The van der Waals surface area contributed by atoms with Crippen LogP contribution in [0.2, 0.25) is 5.02 Å². The first kappa shape index (κ1) is 22.4. The van der Waals surface area contributed by atoms with Gasteiger partial charge in [0.2, 0.25) is 5.95 Å². The van der Waals surface area contributed by atoms with E-state index in [-0.39, 0.29) is 5.91 Å². The van der Waals surface area contributed by atoms with E-state index in [1.807, 2.05) is 17.0 Å². The van der Waals surface area contributed by atoms with E-state index < -0.39 is 0 Å². The molecule has 2 aromatic carbocycles. The number of rotatable bonds is 3. The summed E-state index contributed by atoms with van der Waals surface area (Å²) in [5.41, 5.74) is 5.52. The molecule has 0 unspecified atom stereocenters. The molecular weight excluding hydrogens is 458 g/mol. The highest BCUT2D eigenvalue weighted by Crippen LogP contribution is 2.33. The van der Waals surface area contributed by atoms with E-state index in [4.69, 9.17) is 21.6 Å². The van der Waals surface area contributed by atoms with Gasteiger partial charge in [-0.1, -0.05) is 48.0 Å². The van der Waals surface area contributed by atoms with Crippen LogP contribution in [0.3, 0.4) is 0 Å². The van der Waals surface area contributed by atoms with Crippen molar-refractivity contribution in [1.82, 2.24) is 14.9 Å². The summed E-state index contributed by atoms with van der Waals surface area (Å²) >= 11 is 6.35. The number of carbonyl (C=O) groups is 1. The van der Waals surface area contributed by atoms with Crippen molar-refractivity contribution in [2.75, 3.05) is 36.0 Å². The molecule has 6 rings (SSSR count). The smallest absolute Gasteiger partial charge is 0.255 e. The largest absolute Gasteiger partial charge is 0.356 e. The molecule has 0 saturated carbocycles. The SMILES string of the molecule is O=C(c1ccccc1Cl)N1CCc2nc(N3CCc4ccccc4C3)nc(N3CCCCC3)c2C1. The van der Waals surface area contributed by atoms with Gasteiger partial charge in [0, 0.05) is 44.7 Å². The fraction of sp³-hybridized carbons (Fsp3) is 0.393. The monoisotopic (exact) mass is 487 g/mol. The van der Waals surface area contributed by atoms with Crippen molar-refractivity contribution in [1.29, 1.82) is 0 Å². The van der Waals surface area contributed by atoms with Crippen molar-refractivity contribution < 1.29 is 4.79 Å². The Labute approximate surface area is 211 Å². The Kier molecular flexibility index (Phi) is 6.06. The Morgan fingerprint density at radius 1 is 0.771 bits per heavy atom. The Balaban J connectivity index is 1.34. The lowest BCUT2D eigenvalue weighted by Gasteiger charge is -2.36. The Bertz CT molecular complexity index is 1260. The number of anilines is 2. The Morgan fingerprint density at radius 2 is 1.54 bits per heavy atom. The molecule has 3 aromatic rings. The number of hydrogen-bond donors (Lipinski definition) is 0. The maximum atomic E-state index is 13.3. The van der Waals surface area contributed by atoms with Crippen LogP contribution in [-0.2, 0) is 25.9 Å². The molecule has 3 aliphatic rings. The van der Waals surface area contributed by atoms with Crippen molar-refractivity contribution in [3.05, 3.63) is 81.5 Å². The molecule has 0 N–H and O–H groups in total. The highest BCUT2D eigenvalue weighted by molar-refractivity contribution is 6.33. The summed E-state index contributed by atoms with van der Waals surface area (Å²) in [5.74, 6) is 1.81. The van der Waals surface area contributed by atoms with Crippen LogP contribution in [0.25, 0.3) is 0 Å². The molecule has 6 nitrogen and oxygen atoms in total. The van der Waals surface area contributed by atoms with E-state index >= 15 is 0 Å². The molecule has 0 aliphatic carbocycles. The maximum absolute atomic E-state index is 13.3. The summed E-state index contributed by atoms with van der Waals surface area (Å²) in [6.07, 6.45) is 5.35. The molecule has 0 radical (unpaired) electrons. The van der Waals surface area contributed by atoms with Gasteiger partial charge in [0.15, 0.2) is 0 Å². The third-order valence-electron chi connectivity index (χ3n) is 7.49. The quantitative estimate of drug-likeness (QED) is 0.527. The van der Waals surface area contributed by atoms with Gasteiger partial charge in [0.25, 0.3) is 5.91 Å². The summed E-state index contributed by atoms with van der Waals surface area (Å²) in [4.78, 5) is 30.2. The number of carbonyl (C=O) groups excluding carboxylic acids is 1. The number of benzene rings is 2. The molecule has 1 amide bonds. The number of nitrogens with zero attached hydrogens (tertiary/aromatic N) is 5. The molecule has 1 aromatic heterocycles. The summed E-state index contributed by atoms with van der Waals surface area (Å²) in [6.45, 7) is 4.93. The molecule has 3 aliphatic heterocycles. The third-order valence-corrected chi connectivity index (χ3v) is 7.82. The lowest BCUT2D eigenvalue weighted by Crippen LogP contribution is -2.40. The maximum Gasteiger partial charge on any atom is 0.255 e. The van der Waals surface area contributed by atoms with Gasteiger partial charge in [-0.25, -0.2) is 4.98 Å². The van der Waals surface area contributed by atoms with Gasteiger partial charge in [-0.3, -0.25) is 4.79 Å². The fourth-order valence-corrected chi connectivity index (χ4v) is 5.75. The highest BCUT2D eigenvalue weighted by Gasteiger charge is 2.30. The minimum absolute atomic E-state index is 0.0254. The van der Waals surface area contributed by atoms with Gasteiger partial charge in [0.1, 0.15) is 5.82 Å². The highest BCUT2D eigenvalue weighted by atomic mass is 35.5. The second kappa shape index (κ2) is 9.50. The van der Waals surface area contributed by atoms with E-state index in [2.05, 4.69) is 34.1 Å². The van der Waals surface area contributed by atoms with Crippen molar-refractivity contribution in [3.63, 3.8) is 0 Å². The molecular formula is C28H30ClN5O. The molecule has 180 valence electrons. The van der Waals surface area contributed by atoms with Gasteiger partial charge in [-0.05, 0) is 48.9 Å². The Morgan fingerprint density at radius 3 is 2.37 bits per heavy atom. The van der Waals surface area contributed by atoms with Crippen LogP contribution in [0.4, 0.5) is 11.8 Å². The zero-order valence-electron chi connectivity index (χ0n) is 19.9. The Hall–Kier alpha value is -3.12. The standard InChI is InChI=1S/C28H30ClN5O/c29-24-11-5-4-10-22(24)27(35)33-17-13-25-23(19-33)26(32-14-6-1-7-15-32)31-28(30-25)34-16-12-20-8-2-3-9-21(20)18-34/h2-5,8-11H,1,6-7,12-19H2. The molecule has 0 atom stereocenters. The predicted molar refractivity (Wildman–Crippen MR) is 139 cm³/mol. The molecule has 1 fully saturated rings. The minimum atomic E-state index is -0.0254. The summed E-state index contributed by atoms with van der Waals surface area (Å²) in [6, 6.07) is 16.0. The number of halogens is 1. The lowest BCUT2D eigenvalue weighted by atomic mass is 10.00. The predicted octanol–water partition coefficient (Wildman–Crippen LogP) is 4.88. The normalized spacial score (nSPS) is 17.7. The first-order chi connectivity index (χ1) is 17.2. The van der Waals surface area contributed by atoms with Crippen LogP contribution in [0.15, 0.2) is 48.5 Å². The first-order valence-corrected chi connectivity index (χ1v) is 13.1. The topological polar surface area (TPSA) is 52.6 Å². The van der Waals surface area contributed by atoms with Gasteiger partial charge in [-0.2, -0.15) is 4.98 Å². The van der Waals surface area contributed by atoms with Crippen molar-refractivity contribution >= 4 is 29.3 Å². The van der Waals surface area contributed by atoms with Crippen LogP contribution in [-0.4, -0.2) is 47.0 Å². The zero-order chi connectivity index (χ0) is 23.8. The fourth-order valence-electron chi connectivity index (χ4n) is 5.54. The van der Waals surface area contributed by atoms with Gasteiger partial charge >= 0.3 is 0 Å². The number of fused-ring (bicyclic) bond motifs is 2.